The van der Waals surface area contributed by atoms with Crippen LogP contribution in [-0.2, 0) is 14.2 Å². The van der Waals surface area contributed by atoms with Crippen LogP contribution in [0.5, 0.6) is 0 Å². The Kier molecular flexibility index (Phi) is 10.1. The minimum absolute atomic E-state index is 0.222. The van der Waals surface area contributed by atoms with Gasteiger partial charge in [0.25, 0.3) is 5.91 Å². The standard InChI is InChI=1S/C19H28N2O6/c1-19(2,3)27-18(24)21-9-11-26-13-12-25-10-8-20-17(23)16-6-4-15(14-22)5-7-16/h4-7,14H,8-13H2,1-3H3,(H,20,23)(H,21,24). The number of hydrogen-bond donors (Lipinski definition) is 2. The first-order chi connectivity index (χ1) is 12.8. The van der Waals surface area contributed by atoms with E-state index in [-0.39, 0.29) is 5.91 Å². The largest absolute Gasteiger partial charge is 0.444 e. The van der Waals surface area contributed by atoms with Gasteiger partial charge in [0, 0.05) is 24.2 Å². The number of carbonyl (C=O) groups excluding carboxylic acids is 3. The number of benzene rings is 1. The van der Waals surface area contributed by atoms with Crippen molar-refractivity contribution in [2.24, 2.45) is 0 Å². The summed E-state index contributed by atoms with van der Waals surface area (Å²) in [6, 6.07) is 6.37. The van der Waals surface area contributed by atoms with Crippen LogP contribution in [0.15, 0.2) is 24.3 Å². The Hall–Kier alpha value is -2.45. The molecule has 0 aliphatic carbocycles. The number of ether oxygens (including phenoxy) is 3. The highest BCUT2D eigenvalue weighted by Crippen LogP contribution is 2.06. The second-order valence-corrected chi connectivity index (χ2v) is 6.65. The van der Waals surface area contributed by atoms with Crippen molar-refractivity contribution < 1.29 is 28.6 Å². The molecule has 0 unspecified atom stereocenters. The van der Waals surface area contributed by atoms with Crippen LogP contribution in [0.4, 0.5) is 4.79 Å². The first-order valence-electron chi connectivity index (χ1n) is 8.77. The van der Waals surface area contributed by atoms with Gasteiger partial charge in [0.15, 0.2) is 0 Å². The van der Waals surface area contributed by atoms with Crippen molar-refractivity contribution in [3.8, 4) is 0 Å². The molecule has 8 heteroatoms. The Bertz CT molecular complexity index is 595. The Balaban J connectivity index is 1.97. The minimum Gasteiger partial charge on any atom is -0.444 e. The van der Waals surface area contributed by atoms with Crippen LogP contribution in [-0.4, -0.2) is 63.4 Å². The minimum atomic E-state index is -0.521. The van der Waals surface area contributed by atoms with Crippen LogP contribution in [0, 0.1) is 0 Å². The summed E-state index contributed by atoms with van der Waals surface area (Å²) < 4.78 is 15.8. The lowest BCUT2D eigenvalue weighted by Gasteiger charge is -2.19. The molecule has 150 valence electrons. The molecule has 2 amide bonds. The van der Waals surface area contributed by atoms with Gasteiger partial charge >= 0.3 is 6.09 Å². The zero-order chi connectivity index (χ0) is 20.1. The van der Waals surface area contributed by atoms with Crippen molar-refractivity contribution in [1.29, 1.82) is 0 Å². The third kappa shape index (κ3) is 11.0. The van der Waals surface area contributed by atoms with Crippen LogP contribution in [0.1, 0.15) is 41.5 Å². The summed E-state index contributed by atoms with van der Waals surface area (Å²) in [4.78, 5) is 33.8. The molecule has 2 N–H and O–H groups in total. The third-order valence-electron chi connectivity index (χ3n) is 3.13. The fourth-order valence-corrected chi connectivity index (χ4v) is 1.91. The third-order valence-corrected chi connectivity index (χ3v) is 3.13. The summed E-state index contributed by atoms with van der Waals surface area (Å²) in [5, 5.41) is 5.32. The number of hydrogen-bond acceptors (Lipinski definition) is 6. The lowest BCUT2D eigenvalue weighted by Crippen LogP contribution is -2.34. The van der Waals surface area contributed by atoms with Crippen LogP contribution in [0.25, 0.3) is 0 Å². The first-order valence-corrected chi connectivity index (χ1v) is 8.77. The SMILES string of the molecule is CC(C)(C)OC(=O)NCCOCCOCCNC(=O)c1ccc(C=O)cc1. The predicted octanol–water partition coefficient (Wildman–Crippen LogP) is 1.79. The van der Waals surface area contributed by atoms with Crippen LogP contribution < -0.4 is 10.6 Å². The molecular formula is C19H28N2O6. The summed E-state index contributed by atoms with van der Waals surface area (Å²) in [6.45, 7) is 7.61. The van der Waals surface area contributed by atoms with Gasteiger partial charge in [-0.05, 0) is 32.9 Å². The quantitative estimate of drug-likeness (QED) is 0.448. The molecule has 0 saturated heterocycles. The van der Waals surface area contributed by atoms with Crippen molar-refractivity contribution >= 4 is 18.3 Å². The molecule has 0 bridgehead atoms. The number of carbonyl (C=O) groups is 3. The van der Waals surface area contributed by atoms with E-state index in [4.69, 9.17) is 14.2 Å². The van der Waals surface area contributed by atoms with Crippen molar-refractivity contribution in [2.45, 2.75) is 26.4 Å². The molecule has 0 aromatic heterocycles. The molecule has 27 heavy (non-hydrogen) atoms. The van der Waals surface area contributed by atoms with Crippen molar-refractivity contribution in [1.82, 2.24) is 10.6 Å². The number of nitrogens with one attached hydrogen (secondary N) is 2. The average molecular weight is 380 g/mol. The maximum atomic E-state index is 11.9. The summed E-state index contributed by atoms with van der Waals surface area (Å²) in [6.07, 6.45) is 0.254. The van der Waals surface area contributed by atoms with E-state index in [9.17, 15) is 14.4 Å². The maximum Gasteiger partial charge on any atom is 0.407 e. The Morgan fingerprint density at radius 2 is 1.48 bits per heavy atom. The average Bonchev–Trinajstić information content (AvgIpc) is 2.61. The molecule has 0 saturated carbocycles. The van der Waals surface area contributed by atoms with Gasteiger partial charge in [0.1, 0.15) is 11.9 Å². The van der Waals surface area contributed by atoms with Gasteiger partial charge in [-0.1, -0.05) is 12.1 Å². The van der Waals surface area contributed by atoms with E-state index >= 15 is 0 Å². The Morgan fingerprint density at radius 3 is 2.00 bits per heavy atom. The number of alkyl carbamates (subject to hydrolysis) is 1. The second kappa shape index (κ2) is 12.0. The van der Waals surface area contributed by atoms with E-state index in [1.54, 1.807) is 45.0 Å². The van der Waals surface area contributed by atoms with Crippen molar-refractivity contribution in [2.75, 3.05) is 39.5 Å². The monoisotopic (exact) mass is 380 g/mol. The van der Waals surface area contributed by atoms with Crippen LogP contribution in [0.3, 0.4) is 0 Å². The summed E-state index contributed by atoms with van der Waals surface area (Å²) in [7, 11) is 0. The highest BCUT2D eigenvalue weighted by Gasteiger charge is 2.15. The predicted molar refractivity (Wildman–Crippen MR) is 100 cm³/mol. The van der Waals surface area contributed by atoms with E-state index in [2.05, 4.69) is 10.6 Å². The highest BCUT2D eigenvalue weighted by atomic mass is 16.6. The maximum absolute atomic E-state index is 11.9. The second-order valence-electron chi connectivity index (χ2n) is 6.65. The molecule has 0 fully saturated rings. The van der Waals surface area contributed by atoms with Gasteiger partial charge in [-0.25, -0.2) is 4.79 Å². The molecule has 1 rings (SSSR count). The van der Waals surface area contributed by atoms with Gasteiger partial charge < -0.3 is 24.8 Å². The molecule has 1 aromatic rings. The molecule has 0 aliphatic heterocycles. The smallest absolute Gasteiger partial charge is 0.407 e. The van der Waals surface area contributed by atoms with Gasteiger partial charge in [-0.15, -0.1) is 0 Å². The fraction of sp³-hybridized carbons (Fsp3) is 0.526. The van der Waals surface area contributed by atoms with E-state index in [0.29, 0.717) is 50.6 Å². The zero-order valence-electron chi connectivity index (χ0n) is 16.1. The summed E-state index contributed by atoms with van der Waals surface area (Å²) in [5.74, 6) is -0.222. The van der Waals surface area contributed by atoms with E-state index < -0.39 is 11.7 Å². The topological polar surface area (TPSA) is 103 Å². The van der Waals surface area contributed by atoms with Crippen molar-refractivity contribution in [3.63, 3.8) is 0 Å². The summed E-state index contributed by atoms with van der Waals surface area (Å²) in [5.41, 5.74) is 0.491. The zero-order valence-corrected chi connectivity index (χ0v) is 16.1. The number of rotatable bonds is 11. The molecule has 8 nitrogen and oxygen atoms in total. The Morgan fingerprint density at radius 1 is 0.926 bits per heavy atom. The lowest BCUT2D eigenvalue weighted by molar-refractivity contribution is 0.0400. The van der Waals surface area contributed by atoms with Crippen LogP contribution >= 0.6 is 0 Å². The normalized spacial score (nSPS) is 10.9. The Labute approximate surface area is 159 Å². The molecule has 0 aliphatic rings. The van der Waals surface area contributed by atoms with E-state index in [1.165, 1.54) is 0 Å². The molecule has 0 spiro atoms. The lowest BCUT2D eigenvalue weighted by atomic mass is 10.1. The van der Waals surface area contributed by atoms with Crippen molar-refractivity contribution in [3.05, 3.63) is 35.4 Å². The highest BCUT2D eigenvalue weighted by molar-refractivity contribution is 5.94. The first kappa shape index (κ1) is 22.6. The molecule has 0 radical (unpaired) electrons. The summed E-state index contributed by atoms with van der Waals surface area (Å²) >= 11 is 0. The van der Waals surface area contributed by atoms with Gasteiger partial charge in [0.05, 0.1) is 26.4 Å². The fourth-order valence-electron chi connectivity index (χ4n) is 1.91. The van der Waals surface area contributed by atoms with E-state index in [0.717, 1.165) is 6.29 Å². The van der Waals surface area contributed by atoms with Crippen LogP contribution in [0.2, 0.25) is 0 Å². The van der Waals surface area contributed by atoms with Gasteiger partial charge in [-0.3, -0.25) is 9.59 Å². The van der Waals surface area contributed by atoms with Gasteiger partial charge in [0.2, 0.25) is 0 Å². The molecular weight excluding hydrogens is 352 g/mol. The molecule has 1 aromatic carbocycles. The number of amides is 2. The molecule has 0 atom stereocenters. The molecule has 0 heterocycles. The van der Waals surface area contributed by atoms with E-state index in [1.807, 2.05) is 0 Å². The van der Waals surface area contributed by atoms with Gasteiger partial charge in [-0.2, -0.15) is 0 Å². The number of aldehydes is 1.